The number of rotatable bonds is 13. The molecule has 2 N–H and O–H groups in total. The van der Waals surface area contributed by atoms with E-state index in [1.807, 2.05) is 36.4 Å². The molecule has 2 aromatic carbocycles. The predicted octanol–water partition coefficient (Wildman–Crippen LogP) is 8.66. The van der Waals surface area contributed by atoms with E-state index in [2.05, 4.69) is 98.9 Å². The quantitative estimate of drug-likeness (QED) is 0.207. The van der Waals surface area contributed by atoms with E-state index in [1.165, 1.54) is 0 Å². The summed E-state index contributed by atoms with van der Waals surface area (Å²) in [6.07, 6.45) is 3.21. The first-order chi connectivity index (χ1) is 19.9. The summed E-state index contributed by atoms with van der Waals surface area (Å²) in [6.45, 7) is 25.7. The molecule has 6 heteroatoms. The number of hydrogen-bond donors (Lipinski definition) is 2. The van der Waals surface area contributed by atoms with Crippen LogP contribution < -0.4 is 24.8 Å². The lowest BCUT2D eigenvalue weighted by molar-refractivity contribution is 0.0662. The molecule has 0 amide bonds. The molecule has 1 aliphatic rings. The summed E-state index contributed by atoms with van der Waals surface area (Å²) in [5, 5.41) is 8.51. The lowest BCUT2D eigenvalue weighted by Gasteiger charge is -2.43. The third kappa shape index (κ3) is 10.2. The van der Waals surface area contributed by atoms with Crippen molar-refractivity contribution in [3.8, 4) is 17.2 Å². The molecule has 43 heavy (non-hydrogen) atoms. The average Bonchev–Trinajstić information content (AvgIpc) is 3.28. The van der Waals surface area contributed by atoms with Crippen LogP contribution in [0.25, 0.3) is 11.0 Å². The molecule has 0 radical (unpaired) electrons. The lowest BCUT2D eigenvalue weighted by Crippen LogP contribution is -2.55. The van der Waals surface area contributed by atoms with Crippen molar-refractivity contribution < 1.29 is 18.6 Å². The third-order valence-corrected chi connectivity index (χ3v) is 7.77. The van der Waals surface area contributed by atoms with Crippen LogP contribution in [-0.4, -0.2) is 42.5 Å². The average molecular weight is 593 g/mol. The Hall–Kier alpha value is -2.70. The third-order valence-electron chi connectivity index (χ3n) is 7.77. The molecule has 1 saturated carbocycles. The smallest absolute Gasteiger partial charge is 0.137 e. The van der Waals surface area contributed by atoms with Crippen molar-refractivity contribution in [3.63, 3.8) is 0 Å². The summed E-state index contributed by atoms with van der Waals surface area (Å²) in [5.74, 6) is 3.58. The molecule has 1 aromatic heterocycles. The molecule has 1 fully saturated rings. The van der Waals surface area contributed by atoms with Gasteiger partial charge in [-0.2, -0.15) is 0 Å². The number of hydrogen-bond acceptors (Lipinski definition) is 6. The summed E-state index contributed by atoms with van der Waals surface area (Å²) in [6, 6.07) is 16.8. The van der Waals surface area contributed by atoms with Crippen molar-refractivity contribution in [2.75, 3.05) is 13.2 Å². The van der Waals surface area contributed by atoms with Crippen LogP contribution in [0.15, 0.2) is 52.9 Å². The van der Waals surface area contributed by atoms with Crippen molar-refractivity contribution in [2.24, 2.45) is 5.41 Å². The lowest BCUT2D eigenvalue weighted by atomic mass is 9.76. The Morgan fingerprint density at radius 2 is 1.56 bits per heavy atom. The number of ether oxygens (including phenoxy) is 3. The van der Waals surface area contributed by atoms with E-state index < -0.39 is 0 Å². The number of nitrogens with one attached hydrogen (secondary N) is 2. The molecule has 0 saturated heterocycles. The fraction of sp³-hybridized carbons (Fsp3) is 0.622. The summed E-state index contributed by atoms with van der Waals surface area (Å²) >= 11 is 0. The largest absolute Gasteiger partial charge is 0.493 e. The van der Waals surface area contributed by atoms with Crippen LogP contribution in [0.5, 0.6) is 17.2 Å². The number of benzene rings is 2. The van der Waals surface area contributed by atoms with Crippen LogP contribution in [0.3, 0.4) is 0 Å². The van der Waals surface area contributed by atoms with Gasteiger partial charge in [-0.05, 0) is 96.6 Å². The maximum absolute atomic E-state index is 6.44. The van der Waals surface area contributed by atoms with Gasteiger partial charge in [-0.3, -0.25) is 0 Å². The van der Waals surface area contributed by atoms with Gasteiger partial charge in [0.1, 0.15) is 40.8 Å². The van der Waals surface area contributed by atoms with Gasteiger partial charge in [0.2, 0.25) is 0 Å². The monoisotopic (exact) mass is 592 g/mol. The summed E-state index contributed by atoms with van der Waals surface area (Å²) < 4.78 is 24.9. The molecule has 1 atom stereocenters. The van der Waals surface area contributed by atoms with E-state index in [4.69, 9.17) is 18.6 Å². The van der Waals surface area contributed by atoms with Gasteiger partial charge >= 0.3 is 0 Å². The van der Waals surface area contributed by atoms with E-state index in [1.54, 1.807) is 0 Å². The minimum absolute atomic E-state index is 0.0588. The number of furan rings is 1. The van der Waals surface area contributed by atoms with E-state index in [0.29, 0.717) is 12.6 Å². The maximum atomic E-state index is 6.44. The van der Waals surface area contributed by atoms with Gasteiger partial charge in [-0.15, -0.1) is 0 Å². The highest BCUT2D eigenvalue weighted by atomic mass is 16.5. The Morgan fingerprint density at radius 3 is 2.23 bits per heavy atom. The molecule has 1 aliphatic carbocycles. The highest BCUT2D eigenvalue weighted by Gasteiger charge is 2.38. The fourth-order valence-corrected chi connectivity index (χ4v) is 5.85. The van der Waals surface area contributed by atoms with Crippen molar-refractivity contribution in [3.05, 3.63) is 54.3 Å². The molecule has 3 aromatic rings. The highest BCUT2D eigenvalue weighted by molar-refractivity contribution is 5.79. The van der Waals surface area contributed by atoms with E-state index in [-0.39, 0.29) is 34.1 Å². The van der Waals surface area contributed by atoms with Gasteiger partial charge < -0.3 is 29.3 Å². The molecule has 4 rings (SSSR count). The van der Waals surface area contributed by atoms with Crippen LogP contribution in [0, 0.1) is 5.41 Å². The van der Waals surface area contributed by atoms with Gasteiger partial charge in [0.25, 0.3) is 0 Å². The van der Waals surface area contributed by atoms with Gasteiger partial charge in [0.05, 0.1) is 6.61 Å². The molecular formula is C37H56N2O4. The molecule has 1 heterocycles. The SMILES string of the molecule is CC(CNC(C)(C)C)Oc1ccc2cc(C(C)(C)CC(C)(C)N[C@H]3C[C@@H](Oc4cccc(OCC(C)(C)C)c4)C3)oc2c1. The van der Waals surface area contributed by atoms with Crippen molar-refractivity contribution in [1.29, 1.82) is 0 Å². The maximum Gasteiger partial charge on any atom is 0.137 e. The second-order valence-electron chi connectivity index (χ2n) is 16.2. The van der Waals surface area contributed by atoms with Crippen LogP contribution in [0.1, 0.15) is 101 Å². The molecule has 6 nitrogen and oxygen atoms in total. The normalized spacial score (nSPS) is 18.8. The minimum Gasteiger partial charge on any atom is -0.493 e. The topological polar surface area (TPSA) is 64.9 Å². The molecule has 0 aliphatic heterocycles. The zero-order valence-corrected chi connectivity index (χ0v) is 28.5. The first kappa shape index (κ1) is 33.2. The highest BCUT2D eigenvalue weighted by Crippen LogP contribution is 2.38. The Labute approximate surface area is 260 Å². The van der Waals surface area contributed by atoms with Crippen molar-refractivity contribution in [1.82, 2.24) is 10.6 Å². The minimum atomic E-state index is -0.145. The van der Waals surface area contributed by atoms with Crippen LogP contribution in [0.2, 0.25) is 0 Å². The van der Waals surface area contributed by atoms with E-state index in [9.17, 15) is 0 Å². The summed E-state index contributed by atoms with van der Waals surface area (Å²) in [7, 11) is 0. The van der Waals surface area contributed by atoms with Crippen LogP contribution >= 0.6 is 0 Å². The van der Waals surface area contributed by atoms with Gasteiger partial charge in [0.15, 0.2) is 0 Å². The van der Waals surface area contributed by atoms with Crippen molar-refractivity contribution in [2.45, 2.75) is 130 Å². The second kappa shape index (κ2) is 12.7. The molecule has 0 bridgehead atoms. The Balaban J connectivity index is 1.28. The van der Waals surface area contributed by atoms with Gasteiger partial charge in [0, 0.05) is 46.6 Å². The van der Waals surface area contributed by atoms with Gasteiger partial charge in [-0.1, -0.05) is 40.7 Å². The van der Waals surface area contributed by atoms with Crippen LogP contribution in [-0.2, 0) is 5.41 Å². The Bertz CT molecular complexity index is 1340. The first-order valence-electron chi connectivity index (χ1n) is 16.0. The molecule has 1 unspecified atom stereocenters. The first-order valence-corrected chi connectivity index (χ1v) is 16.0. The zero-order valence-electron chi connectivity index (χ0n) is 28.5. The standard InChI is InChI=1S/C37H56N2O4/c1-25(22-38-35(5,6)7)41-30-16-15-26-17-33(43-32(26)21-30)36(8,9)23-37(10,11)39-27-18-31(19-27)42-29-14-12-13-28(20-29)40-24-34(2,3)4/h12-17,20-21,25,27,31,38-39H,18-19,22-24H2,1-11H3/t25?,27-,31+. The zero-order chi connectivity index (χ0) is 31.6. The van der Waals surface area contributed by atoms with E-state index >= 15 is 0 Å². The Morgan fingerprint density at radius 1 is 0.860 bits per heavy atom. The van der Waals surface area contributed by atoms with Gasteiger partial charge in [-0.25, -0.2) is 0 Å². The molecular weight excluding hydrogens is 536 g/mol. The predicted molar refractivity (Wildman–Crippen MR) is 178 cm³/mol. The Kier molecular flexibility index (Phi) is 9.83. The molecule has 0 spiro atoms. The van der Waals surface area contributed by atoms with E-state index in [0.717, 1.165) is 59.8 Å². The van der Waals surface area contributed by atoms with Crippen LogP contribution in [0.4, 0.5) is 0 Å². The molecule has 238 valence electrons. The summed E-state index contributed by atoms with van der Waals surface area (Å²) in [5.41, 5.74) is 0.842. The number of fused-ring (bicyclic) bond motifs is 1. The fourth-order valence-electron chi connectivity index (χ4n) is 5.85. The second-order valence-corrected chi connectivity index (χ2v) is 16.2. The van der Waals surface area contributed by atoms with Crippen molar-refractivity contribution >= 4 is 11.0 Å². The summed E-state index contributed by atoms with van der Waals surface area (Å²) in [4.78, 5) is 0.